The number of primary amides is 1. The van der Waals surface area contributed by atoms with Crippen molar-refractivity contribution in [1.82, 2.24) is 5.32 Å². The van der Waals surface area contributed by atoms with Crippen molar-refractivity contribution in [3.8, 4) is 0 Å². The Balaban J connectivity index is 4.52. The lowest BCUT2D eigenvalue weighted by atomic mass is 10.1. The third-order valence-corrected chi connectivity index (χ3v) is 2.58. The van der Waals surface area contributed by atoms with Gasteiger partial charge in [-0.3, -0.25) is 24.5 Å². The van der Waals surface area contributed by atoms with Crippen LogP contribution < -0.4 is 16.8 Å². The zero-order valence-corrected chi connectivity index (χ0v) is 11.6. The molecule has 0 heterocycles. The summed E-state index contributed by atoms with van der Waals surface area (Å²) in [5.41, 5.74) is 10.1. The van der Waals surface area contributed by atoms with E-state index < -0.39 is 55.2 Å². The molecule has 0 aromatic heterocycles. The largest absolute Gasteiger partial charge is 0.480 e. The number of amides is 1. The van der Waals surface area contributed by atoms with Gasteiger partial charge in [-0.25, -0.2) is 0 Å². The molecule has 0 unspecified atom stereocenters. The molecule has 0 aromatic rings. The summed E-state index contributed by atoms with van der Waals surface area (Å²) in [6, 6.07) is -4.04. The zero-order valence-electron chi connectivity index (χ0n) is 11.6. The van der Waals surface area contributed by atoms with Crippen LogP contribution in [0.1, 0.15) is 12.8 Å². The van der Waals surface area contributed by atoms with Crippen LogP contribution in [0.5, 0.6) is 0 Å². The van der Waals surface area contributed by atoms with Crippen molar-refractivity contribution < 1.29 is 39.2 Å². The highest BCUT2D eigenvalue weighted by Gasteiger charge is 2.26. The maximum Gasteiger partial charge on any atom is 0.323 e. The number of carbonyl (C=O) groups is 4. The van der Waals surface area contributed by atoms with Gasteiger partial charge in [0.25, 0.3) is 0 Å². The van der Waals surface area contributed by atoms with Crippen LogP contribution in [0.15, 0.2) is 0 Å². The molecule has 0 bridgehead atoms. The number of rotatable bonds is 12. The highest BCUT2D eigenvalue weighted by atomic mass is 16.5. The van der Waals surface area contributed by atoms with E-state index in [1.54, 1.807) is 0 Å². The molecule has 0 aliphatic heterocycles. The number of aliphatic carboxylic acids is 3. The van der Waals surface area contributed by atoms with E-state index >= 15 is 0 Å². The van der Waals surface area contributed by atoms with E-state index in [0.29, 0.717) is 0 Å². The van der Waals surface area contributed by atoms with Crippen molar-refractivity contribution in [3.05, 3.63) is 0 Å². The molecule has 0 aliphatic carbocycles. The van der Waals surface area contributed by atoms with Crippen LogP contribution >= 0.6 is 0 Å². The molecule has 0 aliphatic rings. The van der Waals surface area contributed by atoms with Crippen molar-refractivity contribution in [3.63, 3.8) is 0 Å². The Morgan fingerprint density at radius 1 is 0.955 bits per heavy atom. The first-order valence-corrected chi connectivity index (χ1v) is 6.21. The second-order valence-electron chi connectivity index (χ2n) is 4.44. The second-order valence-corrected chi connectivity index (χ2v) is 4.44. The summed E-state index contributed by atoms with van der Waals surface area (Å²) in [7, 11) is 0. The van der Waals surface area contributed by atoms with Gasteiger partial charge in [-0.15, -0.1) is 0 Å². The molecule has 22 heavy (non-hydrogen) atoms. The Bertz CT molecular complexity index is 428. The molecule has 126 valence electrons. The summed E-state index contributed by atoms with van der Waals surface area (Å²) in [5, 5.41) is 28.8. The summed E-state index contributed by atoms with van der Waals surface area (Å²) in [4.78, 5) is 43.1. The van der Waals surface area contributed by atoms with Crippen molar-refractivity contribution in [1.29, 1.82) is 0 Å². The summed E-state index contributed by atoms with van der Waals surface area (Å²) < 4.78 is 4.85. The van der Waals surface area contributed by atoms with Crippen LogP contribution in [-0.4, -0.2) is 70.5 Å². The lowest BCUT2D eigenvalue weighted by Crippen LogP contribution is -2.50. The third kappa shape index (κ3) is 8.14. The summed E-state index contributed by atoms with van der Waals surface area (Å²) in [6.07, 6.45) is -0.426. The molecule has 0 radical (unpaired) electrons. The third-order valence-electron chi connectivity index (χ3n) is 2.58. The van der Waals surface area contributed by atoms with Crippen LogP contribution in [0.3, 0.4) is 0 Å². The maximum absolute atomic E-state index is 11.0. The quantitative estimate of drug-likeness (QED) is 0.217. The number of ether oxygens (including phenoxy) is 1. The zero-order chi connectivity index (χ0) is 17.3. The molecule has 0 spiro atoms. The lowest BCUT2D eigenvalue weighted by Gasteiger charge is -2.20. The number of hydrogen-bond donors (Lipinski definition) is 6. The van der Waals surface area contributed by atoms with Crippen molar-refractivity contribution in [2.45, 2.75) is 31.0 Å². The molecule has 8 N–H and O–H groups in total. The Morgan fingerprint density at radius 2 is 1.50 bits per heavy atom. The van der Waals surface area contributed by atoms with Crippen LogP contribution in [0.2, 0.25) is 0 Å². The molecule has 0 fully saturated rings. The van der Waals surface area contributed by atoms with Crippen LogP contribution in [0, 0.1) is 0 Å². The first-order valence-electron chi connectivity index (χ1n) is 6.21. The average Bonchev–Trinajstić information content (AvgIpc) is 2.39. The predicted octanol–water partition coefficient (Wildman–Crippen LogP) is -2.82. The van der Waals surface area contributed by atoms with Gasteiger partial charge >= 0.3 is 17.9 Å². The van der Waals surface area contributed by atoms with Gasteiger partial charge < -0.3 is 31.5 Å². The molecular weight excluding hydrogens is 302 g/mol. The molecule has 0 saturated carbocycles. The number of nitrogens with one attached hydrogen (secondary N) is 1. The van der Waals surface area contributed by atoms with E-state index in [1.165, 1.54) is 0 Å². The standard InChI is InChI=1S/C11H19N3O8/c12-5(9(16)17)3-22-4-7(11(20)21)14-6(10(18)19)1-2-8(13)15/h5-7,14H,1-4,12H2,(H2,13,15)(H,16,17)(H,18,19)(H,20,21)/t5-,6-,7+/m1/s1. The molecule has 1 amide bonds. The first kappa shape index (κ1) is 19.8. The number of carboxylic acids is 3. The Labute approximate surface area is 125 Å². The molecule has 0 saturated heterocycles. The number of carboxylic acid groups (broad SMARTS) is 3. The van der Waals surface area contributed by atoms with Crippen LogP contribution in [-0.2, 0) is 23.9 Å². The van der Waals surface area contributed by atoms with Gasteiger partial charge in [0.1, 0.15) is 18.1 Å². The average molecular weight is 321 g/mol. The Kier molecular flexibility index (Phi) is 8.67. The van der Waals surface area contributed by atoms with Gasteiger partial charge in [-0.05, 0) is 6.42 Å². The maximum atomic E-state index is 11.0. The fourth-order valence-electron chi connectivity index (χ4n) is 1.38. The van der Waals surface area contributed by atoms with Gasteiger partial charge in [0.05, 0.1) is 13.2 Å². The normalized spacial score (nSPS) is 14.8. The smallest absolute Gasteiger partial charge is 0.323 e. The van der Waals surface area contributed by atoms with E-state index in [4.69, 9.17) is 31.5 Å². The number of hydrogen-bond acceptors (Lipinski definition) is 7. The fraction of sp³-hybridized carbons (Fsp3) is 0.636. The van der Waals surface area contributed by atoms with Crippen LogP contribution in [0.4, 0.5) is 0 Å². The fourth-order valence-corrected chi connectivity index (χ4v) is 1.38. The molecule has 0 aromatic carbocycles. The minimum atomic E-state index is -1.41. The molecular formula is C11H19N3O8. The molecule has 11 heteroatoms. The summed E-state index contributed by atoms with van der Waals surface area (Å²) >= 11 is 0. The number of nitrogens with two attached hydrogens (primary N) is 2. The van der Waals surface area contributed by atoms with Gasteiger partial charge in [0, 0.05) is 6.42 Å². The van der Waals surface area contributed by atoms with Gasteiger partial charge in [0.2, 0.25) is 5.91 Å². The SMILES string of the molecule is NC(=O)CC[C@@H](N[C@@H](COC[C@@H](N)C(=O)O)C(=O)O)C(=O)O. The van der Waals surface area contributed by atoms with E-state index in [0.717, 1.165) is 0 Å². The van der Waals surface area contributed by atoms with Gasteiger partial charge in [-0.2, -0.15) is 0 Å². The van der Waals surface area contributed by atoms with Crippen molar-refractivity contribution in [2.24, 2.45) is 11.5 Å². The monoisotopic (exact) mass is 321 g/mol. The molecule has 3 atom stereocenters. The van der Waals surface area contributed by atoms with E-state index in [9.17, 15) is 19.2 Å². The Morgan fingerprint density at radius 3 is 1.91 bits per heavy atom. The highest BCUT2D eigenvalue weighted by molar-refractivity contribution is 5.79. The lowest BCUT2D eigenvalue weighted by molar-refractivity contribution is -0.144. The second kappa shape index (κ2) is 9.65. The minimum absolute atomic E-state index is 0.191. The topological polar surface area (TPSA) is 202 Å². The number of carbonyl (C=O) groups excluding carboxylic acids is 1. The van der Waals surface area contributed by atoms with E-state index in [1.807, 2.05) is 0 Å². The Hall–Kier alpha value is -2.24. The van der Waals surface area contributed by atoms with Gasteiger partial charge in [-0.1, -0.05) is 0 Å². The van der Waals surface area contributed by atoms with Crippen molar-refractivity contribution >= 4 is 23.8 Å². The summed E-state index contributed by atoms with van der Waals surface area (Å²) in [6.45, 7) is -0.920. The van der Waals surface area contributed by atoms with E-state index in [2.05, 4.69) is 5.32 Å². The van der Waals surface area contributed by atoms with Gasteiger partial charge in [0.15, 0.2) is 0 Å². The first-order chi connectivity index (χ1) is 10.1. The summed E-state index contributed by atoms with van der Waals surface area (Å²) in [5.74, 6) is -4.78. The minimum Gasteiger partial charge on any atom is -0.480 e. The van der Waals surface area contributed by atoms with Crippen LogP contribution in [0.25, 0.3) is 0 Å². The predicted molar refractivity (Wildman–Crippen MR) is 70.8 cm³/mol. The van der Waals surface area contributed by atoms with E-state index in [-0.39, 0.29) is 12.8 Å². The van der Waals surface area contributed by atoms with Crippen molar-refractivity contribution in [2.75, 3.05) is 13.2 Å². The molecule has 0 rings (SSSR count). The highest BCUT2D eigenvalue weighted by Crippen LogP contribution is 2.01. The molecule has 11 nitrogen and oxygen atoms in total.